The van der Waals surface area contributed by atoms with Crippen LogP contribution in [0.15, 0.2) is 12.4 Å². The molecule has 0 spiro atoms. The molecule has 1 heterocycles. The first-order valence-electron chi connectivity index (χ1n) is 4.52. The fraction of sp³-hybridized carbons (Fsp3) is 0.500. The summed E-state index contributed by atoms with van der Waals surface area (Å²) in [4.78, 5) is 4.14. The second-order valence-electron chi connectivity index (χ2n) is 3.00. The molecule has 1 aromatic heterocycles. The molecular formula is C10H15N3. The van der Waals surface area contributed by atoms with E-state index in [1.165, 1.54) is 0 Å². The zero-order valence-corrected chi connectivity index (χ0v) is 8.12. The Kier molecular flexibility index (Phi) is 3.53. The standard InChI is InChI=1S/C10H15N3/c1-3-7-13-8-6-12-10(13)5-4-9(2)11/h6,8-9H,3,7,11H2,1-2H3. The minimum absolute atomic E-state index is 0.0909. The number of nitrogens with two attached hydrogens (primary N) is 1. The lowest BCUT2D eigenvalue weighted by Gasteiger charge is -1.99. The highest BCUT2D eigenvalue weighted by Crippen LogP contribution is 1.96. The van der Waals surface area contributed by atoms with E-state index in [1.807, 2.05) is 17.7 Å². The van der Waals surface area contributed by atoms with Crippen molar-refractivity contribution >= 4 is 0 Å². The van der Waals surface area contributed by atoms with Crippen LogP contribution in [0.25, 0.3) is 0 Å². The highest BCUT2D eigenvalue weighted by Gasteiger charge is 1.96. The maximum absolute atomic E-state index is 5.52. The lowest BCUT2D eigenvalue weighted by atomic mass is 10.3. The lowest BCUT2D eigenvalue weighted by molar-refractivity contribution is 0.670. The fourth-order valence-electron chi connectivity index (χ4n) is 1.03. The maximum Gasteiger partial charge on any atom is 0.185 e. The SMILES string of the molecule is CCCn1ccnc1C#CC(C)N. The van der Waals surface area contributed by atoms with Gasteiger partial charge in [0.1, 0.15) is 0 Å². The topological polar surface area (TPSA) is 43.8 Å². The molecular weight excluding hydrogens is 162 g/mol. The van der Waals surface area contributed by atoms with Crippen molar-refractivity contribution in [1.29, 1.82) is 0 Å². The van der Waals surface area contributed by atoms with Gasteiger partial charge in [0.2, 0.25) is 0 Å². The second kappa shape index (κ2) is 4.68. The summed E-state index contributed by atoms with van der Waals surface area (Å²) >= 11 is 0. The molecule has 0 aliphatic carbocycles. The third-order valence-electron chi connectivity index (χ3n) is 1.59. The van der Waals surface area contributed by atoms with E-state index in [0.29, 0.717) is 0 Å². The number of hydrogen-bond donors (Lipinski definition) is 1. The van der Waals surface area contributed by atoms with Crippen LogP contribution in [0.1, 0.15) is 26.1 Å². The Balaban J connectivity index is 2.77. The van der Waals surface area contributed by atoms with Crippen LogP contribution in [-0.2, 0) is 6.54 Å². The number of aromatic nitrogens is 2. The molecule has 0 saturated heterocycles. The van der Waals surface area contributed by atoms with Crippen LogP contribution in [0.4, 0.5) is 0 Å². The van der Waals surface area contributed by atoms with Crippen molar-refractivity contribution in [2.75, 3.05) is 0 Å². The van der Waals surface area contributed by atoms with E-state index in [9.17, 15) is 0 Å². The Hall–Kier alpha value is -1.27. The first kappa shape index (κ1) is 9.82. The van der Waals surface area contributed by atoms with Crippen LogP contribution in [0.5, 0.6) is 0 Å². The monoisotopic (exact) mass is 177 g/mol. The van der Waals surface area contributed by atoms with Gasteiger partial charge >= 0.3 is 0 Å². The van der Waals surface area contributed by atoms with Crippen LogP contribution in [-0.4, -0.2) is 15.6 Å². The molecule has 13 heavy (non-hydrogen) atoms. The smallest absolute Gasteiger partial charge is 0.185 e. The zero-order valence-electron chi connectivity index (χ0n) is 8.12. The summed E-state index contributed by atoms with van der Waals surface area (Å²) in [6.45, 7) is 4.95. The molecule has 3 heteroatoms. The first-order chi connectivity index (χ1) is 6.24. The Morgan fingerprint density at radius 2 is 2.46 bits per heavy atom. The van der Waals surface area contributed by atoms with E-state index in [-0.39, 0.29) is 6.04 Å². The predicted octanol–water partition coefficient (Wildman–Crippen LogP) is 0.992. The van der Waals surface area contributed by atoms with Gasteiger partial charge in [-0.3, -0.25) is 0 Å². The van der Waals surface area contributed by atoms with Crippen LogP contribution in [0.2, 0.25) is 0 Å². The second-order valence-corrected chi connectivity index (χ2v) is 3.00. The Bertz CT molecular complexity index is 314. The molecule has 0 aromatic carbocycles. The van der Waals surface area contributed by atoms with Crippen molar-refractivity contribution in [2.45, 2.75) is 32.9 Å². The van der Waals surface area contributed by atoms with Gasteiger partial charge in [-0.1, -0.05) is 12.8 Å². The molecule has 1 rings (SSSR count). The number of hydrogen-bond acceptors (Lipinski definition) is 2. The summed E-state index contributed by atoms with van der Waals surface area (Å²) in [7, 11) is 0. The quantitative estimate of drug-likeness (QED) is 0.685. The van der Waals surface area contributed by atoms with Gasteiger partial charge < -0.3 is 10.3 Å². The summed E-state index contributed by atoms with van der Waals surface area (Å²) < 4.78 is 2.04. The first-order valence-corrected chi connectivity index (χ1v) is 4.52. The molecule has 1 aromatic rings. The average molecular weight is 177 g/mol. The van der Waals surface area contributed by atoms with Crippen LogP contribution < -0.4 is 5.73 Å². The van der Waals surface area contributed by atoms with E-state index in [0.717, 1.165) is 18.8 Å². The van der Waals surface area contributed by atoms with Crippen molar-refractivity contribution in [2.24, 2.45) is 5.73 Å². The van der Waals surface area contributed by atoms with E-state index in [1.54, 1.807) is 6.20 Å². The molecule has 0 saturated carbocycles. The fourth-order valence-corrected chi connectivity index (χ4v) is 1.03. The molecule has 0 aliphatic heterocycles. The molecule has 0 fully saturated rings. The summed E-state index contributed by atoms with van der Waals surface area (Å²) in [6, 6.07) is -0.0909. The van der Waals surface area contributed by atoms with E-state index >= 15 is 0 Å². The van der Waals surface area contributed by atoms with Gasteiger partial charge in [0.15, 0.2) is 5.82 Å². The molecule has 0 amide bonds. The number of imidazole rings is 1. The van der Waals surface area contributed by atoms with Gasteiger partial charge in [0.05, 0.1) is 6.04 Å². The Morgan fingerprint density at radius 3 is 3.08 bits per heavy atom. The maximum atomic E-state index is 5.52. The summed E-state index contributed by atoms with van der Waals surface area (Å²) in [5, 5.41) is 0. The largest absolute Gasteiger partial charge is 0.324 e. The third kappa shape index (κ3) is 2.92. The van der Waals surface area contributed by atoms with Crippen LogP contribution in [0, 0.1) is 11.8 Å². The van der Waals surface area contributed by atoms with E-state index in [2.05, 4.69) is 23.7 Å². The van der Waals surface area contributed by atoms with Crippen LogP contribution in [0.3, 0.4) is 0 Å². The van der Waals surface area contributed by atoms with Crippen LogP contribution >= 0.6 is 0 Å². The lowest BCUT2D eigenvalue weighted by Crippen LogP contribution is -2.11. The average Bonchev–Trinajstić information content (AvgIpc) is 2.49. The highest BCUT2D eigenvalue weighted by molar-refractivity contribution is 5.23. The minimum Gasteiger partial charge on any atom is -0.324 e. The number of aryl methyl sites for hydroxylation is 1. The van der Waals surface area contributed by atoms with Crippen molar-refractivity contribution in [3.05, 3.63) is 18.2 Å². The predicted molar refractivity (Wildman–Crippen MR) is 53.0 cm³/mol. The normalized spacial score (nSPS) is 11.9. The molecule has 3 nitrogen and oxygen atoms in total. The summed E-state index contributed by atoms with van der Waals surface area (Å²) in [5.74, 6) is 6.65. The van der Waals surface area contributed by atoms with Gasteiger partial charge in [-0.25, -0.2) is 4.98 Å². The molecule has 0 radical (unpaired) electrons. The van der Waals surface area contributed by atoms with E-state index < -0.39 is 0 Å². The molecule has 70 valence electrons. The molecule has 2 N–H and O–H groups in total. The van der Waals surface area contributed by atoms with Gasteiger partial charge in [0, 0.05) is 18.9 Å². The highest BCUT2D eigenvalue weighted by atomic mass is 15.0. The molecule has 0 aliphatic rings. The minimum atomic E-state index is -0.0909. The Labute approximate surface area is 79.0 Å². The van der Waals surface area contributed by atoms with Gasteiger partial charge in [-0.2, -0.15) is 0 Å². The molecule has 1 unspecified atom stereocenters. The number of nitrogens with zero attached hydrogens (tertiary/aromatic N) is 2. The van der Waals surface area contributed by atoms with Gasteiger partial charge in [-0.15, -0.1) is 0 Å². The number of rotatable bonds is 2. The van der Waals surface area contributed by atoms with Crippen molar-refractivity contribution in [3.8, 4) is 11.8 Å². The van der Waals surface area contributed by atoms with Crippen molar-refractivity contribution < 1.29 is 0 Å². The summed E-state index contributed by atoms with van der Waals surface area (Å²) in [6.07, 6.45) is 4.79. The van der Waals surface area contributed by atoms with Crippen molar-refractivity contribution in [1.82, 2.24) is 9.55 Å². The Morgan fingerprint density at radius 1 is 1.69 bits per heavy atom. The summed E-state index contributed by atoms with van der Waals surface area (Å²) in [5.41, 5.74) is 5.52. The van der Waals surface area contributed by atoms with Gasteiger partial charge in [0.25, 0.3) is 0 Å². The molecule has 1 atom stereocenters. The third-order valence-corrected chi connectivity index (χ3v) is 1.59. The van der Waals surface area contributed by atoms with Crippen molar-refractivity contribution in [3.63, 3.8) is 0 Å². The zero-order chi connectivity index (χ0) is 9.68. The van der Waals surface area contributed by atoms with Gasteiger partial charge in [-0.05, 0) is 19.3 Å². The molecule has 0 bridgehead atoms. The van der Waals surface area contributed by atoms with E-state index in [4.69, 9.17) is 5.73 Å².